The van der Waals surface area contributed by atoms with Crippen molar-refractivity contribution in [3.8, 4) is 11.6 Å². The molecule has 1 heterocycles. The van der Waals surface area contributed by atoms with Gasteiger partial charge in [0.2, 0.25) is 5.88 Å². The van der Waals surface area contributed by atoms with E-state index in [4.69, 9.17) is 16.3 Å². The van der Waals surface area contributed by atoms with E-state index in [1.807, 2.05) is 31.1 Å². The molecule has 6 nitrogen and oxygen atoms in total. The van der Waals surface area contributed by atoms with Crippen LogP contribution in [-0.4, -0.2) is 36.3 Å². The van der Waals surface area contributed by atoms with Crippen LogP contribution in [0.5, 0.6) is 11.6 Å². The molecule has 2 N–H and O–H groups in total. The molecule has 7 heteroatoms. The quantitative estimate of drug-likeness (QED) is 0.706. The smallest absolute Gasteiger partial charge is 0.254 e. The molecule has 0 saturated heterocycles. The molecule has 0 aliphatic heterocycles. The summed E-state index contributed by atoms with van der Waals surface area (Å²) in [5, 5.41) is 13.3. The summed E-state index contributed by atoms with van der Waals surface area (Å²) in [5.74, 6) is 1.31. The number of halogens is 1. The molecular formula is C21H26ClN3O3. The van der Waals surface area contributed by atoms with Crippen LogP contribution in [0.4, 0.5) is 5.82 Å². The van der Waals surface area contributed by atoms with Gasteiger partial charge in [-0.15, -0.1) is 0 Å². The zero-order chi connectivity index (χ0) is 20.1. The summed E-state index contributed by atoms with van der Waals surface area (Å²) in [6, 6.07) is 10.3. The third-order valence-electron chi connectivity index (χ3n) is 4.95. The van der Waals surface area contributed by atoms with Gasteiger partial charge < -0.3 is 20.1 Å². The van der Waals surface area contributed by atoms with Crippen molar-refractivity contribution in [1.82, 2.24) is 10.3 Å². The molecule has 1 aromatic heterocycles. The van der Waals surface area contributed by atoms with Crippen molar-refractivity contribution < 1.29 is 14.6 Å². The Hall–Kier alpha value is -2.31. The molecule has 0 bridgehead atoms. The number of ether oxygens (including phenoxy) is 1. The van der Waals surface area contributed by atoms with E-state index in [0.717, 1.165) is 31.5 Å². The third kappa shape index (κ3) is 5.14. The van der Waals surface area contributed by atoms with Crippen molar-refractivity contribution in [2.24, 2.45) is 5.92 Å². The lowest BCUT2D eigenvalue weighted by Crippen LogP contribution is -2.41. The fourth-order valence-electron chi connectivity index (χ4n) is 3.35. The molecular weight excluding hydrogens is 378 g/mol. The van der Waals surface area contributed by atoms with E-state index < -0.39 is 12.1 Å². The van der Waals surface area contributed by atoms with Gasteiger partial charge in [0, 0.05) is 26.1 Å². The number of amides is 1. The number of anilines is 1. The Balaban J connectivity index is 1.72. The number of carbonyl (C=O) groups excluding carboxylic acids is 1. The van der Waals surface area contributed by atoms with Gasteiger partial charge in [-0.25, -0.2) is 0 Å². The summed E-state index contributed by atoms with van der Waals surface area (Å²) in [4.78, 5) is 18.9. The van der Waals surface area contributed by atoms with E-state index in [-0.39, 0.29) is 11.5 Å². The van der Waals surface area contributed by atoms with Gasteiger partial charge in [-0.3, -0.25) is 4.79 Å². The Morgan fingerprint density at radius 1 is 1.25 bits per heavy atom. The number of hydrogen-bond acceptors (Lipinski definition) is 5. The minimum Gasteiger partial charge on any atom is -0.439 e. The van der Waals surface area contributed by atoms with Crippen LogP contribution >= 0.6 is 11.6 Å². The van der Waals surface area contributed by atoms with Gasteiger partial charge in [-0.05, 0) is 37.1 Å². The molecule has 1 aromatic carbocycles. The number of benzene rings is 1. The number of aliphatic hydroxyl groups is 1. The first kappa shape index (κ1) is 20.4. The van der Waals surface area contributed by atoms with E-state index in [1.165, 1.54) is 6.42 Å². The standard InChI is InChI=1S/C21H26ClN3O3/c1-25(2)18-9-6-10-19(23-18)28-15-11-12-17(22)16(13-15)21(27)24-20(26)14-7-4-3-5-8-14/h6,9-14,20,26H,3-5,7-8H2,1-2H3,(H,24,27). The second-order valence-electron chi connectivity index (χ2n) is 7.29. The second kappa shape index (κ2) is 9.26. The molecule has 0 radical (unpaired) electrons. The van der Waals surface area contributed by atoms with Crippen LogP contribution in [0.2, 0.25) is 5.02 Å². The van der Waals surface area contributed by atoms with E-state index in [9.17, 15) is 9.90 Å². The van der Waals surface area contributed by atoms with Crippen molar-refractivity contribution in [2.75, 3.05) is 19.0 Å². The van der Waals surface area contributed by atoms with Crippen molar-refractivity contribution in [3.05, 3.63) is 47.0 Å². The number of hydrogen-bond donors (Lipinski definition) is 2. The first-order chi connectivity index (χ1) is 13.4. The predicted octanol–water partition coefficient (Wildman–Crippen LogP) is 4.22. The van der Waals surface area contributed by atoms with E-state index in [1.54, 1.807) is 24.3 Å². The fourth-order valence-corrected chi connectivity index (χ4v) is 3.56. The Kier molecular flexibility index (Phi) is 6.75. The maximum absolute atomic E-state index is 12.6. The minimum atomic E-state index is -0.869. The SMILES string of the molecule is CN(C)c1cccc(Oc2ccc(Cl)c(C(=O)NC(O)C3CCCCC3)c2)n1. The van der Waals surface area contributed by atoms with Crippen LogP contribution in [0.1, 0.15) is 42.5 Å². The lowest BCUT2D eigenvalue weighted by molar-refractivity contribution is 0.0463. The van der Waals surface area contributed by atoms with Crippen LogP contribution < -0.4 is 15.0 Å². The maximum atomic E-state index is 12.6. The third-order valence-corrected chi connectivity index (χ3v) is 5.28. The molecule has 3 rings (SSSR count). The van der Waals surface area contributed by atoms with Gasteiger partial charge in [0.15, 0.2) is 0 Å². The van der Waals surface area contributed by atoms with Crippen LogP contribution in [0.25, 0.3) is 0 Å². The average molecular weight is 404 g/mol. The zero-order valence-corrected chi connectivity index (χ0v) is 16.9. The monoisotopic (exact) mass is 403 g/mol. The van der Waals surface area contributed by atoms with Gasteiger partial charge >= 0.3 is 0 Å². The molecule has 2 aromatic rings. The predicted molar refractivity (Wildman–Crippen MR) is 110 cm³/mol. The topological polar surface area (TPSA) is 74.7 Å². The Bertz CT molecular complexity index is 822. The minimum absolute atomic E-state index is 0.0916. The summed E-state index contributed by atoms with van der Waals surface area (Å²) in [6.45, 7) is 0. The number of rotatable bonds is 6. The second-order valence-corrected chi connectivity index (χ2v) is 7.70. The Labute approximate surface area is 170 Å². The fraction of sp³-hybridized carbons (Fsp3) is 0.429. The molecule has 1 aliphatic rings. The number of aliphatic hydroxyl groups excluding tert-OH is 1. The van der Waals surface area contributed by atoms with Crippen molar-refractivity contribution in [2.45, 2.75) is 38.3 Å². The highest BCUT2D eigenvalue weighted by Crippen LogP contribution is 2.28. The summed E-state index contributed by atoms with van der Waals surface area (Å²) in [6.07, 6.45) is 4.33. The summed E-state index contributed by atoms with van der Waals surface area (Å²) < 4.78 is 5.80. The van der Waals surface area contributed by atoms with E-state index in [2.05, 4.69) is 10.3 Å². The van der Waals surface area contributed by atoms with Crippen LogP contribution in [-0.2, 0) is 0 Å². The van der Waals surface area contributed by atoms with Gasteiger partial charge in [0.05, 0.1) is 10.6 Å². The normalized spacial score (nSPS) is 15.7. The van der Waals surface area contributed by atoms with Crippen LogP contribution in [0.3, 0.4) is 0 Å². The molecule has 1 unspecified atom stereocenters. The summed E-state index contributed by atoms with van der Waals surface area (Å²) in [5.41, 5.74) is 0.262. The molecule has 1 aliphatic carbocycles. The maximum Gasteiger partial charge on any atom is 0.254 e. The van der Waals surface area contributed by atoms with Gasteiger partial charge in [0.25, 0.3) is 5.91 Å². The van der Waals surface area contributed by atoms with Gasteiger partial charge in [-0.1, -0.05) is 36.9 Å². The highest BCUT2D eigenvalue weighted by Gasteiger charge is 2.24. The lowest BCUT2D eigenvalue weighted by Gasteiger charge is -2.27. The summed E-state index contributed by atoms with van der Waals surface area (Å²) in [7, 11) is 3.79. The average Bonchev–Trinajstić information content (AvgIpc) is 2.70. The Morgan fingerprint density at radius 3 is 2.71 bits per heavy atom. The number of nitrogens with one attached hydrogen (secondary N) is 1. The Morgan fingerprint density at radius 2 is 2.00 bits per heavy atom. The largest absolute Gasteiger partial charge is 0.439 e. The van der Waals surface area contributed by atoms with Gasteiger partial charge in [-0.2, -0.15) is 4.98 Å². The number of aromatic nitrogens is 1. The lowest BCUT2D eigenvalue weighted by atomic mass is 9.88. The summed E-state index contributed by atoms with van der Waals surface area (Å²) >= 11 is 6.21. The molecule has 1 atom stereocenters. The van der Waals surface area contributed by atoms with Crippen molar-refractivity contribution in [3.63, 3.8) is 0 Å². The first-order valence-corrected chi connectivity index (χ1v) is 9.92. The molecule has 1 amide bonds. The molecule has 0 spiro atoms. The first-order valence-electron chi connectivity index (χ1n) is 9.55. The van der Waals surface area contributed by atoms with Crippen molar-refractivity contribution >= 4 is 23.3 Å². The highest BCUT2D eigenvalue weighted by molar-refractivity contribution is 6.33. The molecule has 1 fully saturated rings. The van der Waals surface area contributed by atoms with E-state index >= 15 is 0 Å². The van der Waals surface area contributed by atoms with E-state index in [0.29, 0.717) is 16.7 Å². The van der Waals surface area contributed by atoms with Crippen LogP contribution in [0, 0.1) is 5.92 Å². The van der Waals surface area contributed by atoms with Crippen LogP contribution in [0.15, 0.2) is 36.4 Å². The number of nitrogens with zero attached hydrogens (tertiary/aromatic N) is 2. The van der Waals surface area contributed by atoms with Gasteiger partial charge in [0.1, 0.15) is 17.8 Å². The number of carbonyl (C=O) groups is 1. The number of pyridine rings is 1. The highest BCUT2D eigenvalue weighted by atomic mass is 35.5. The van der Waals surface area contributed by atoms with Crippen molar-refractivity contribution in [1.29, 1.82) is 0 Å². The molecule has 150 valence electrons. The molecule has 28 heavy (non-hydrogen) atoms. The molecule has 1 saturated carbocycles. The zero-order valence-electron chi connectivity index (χ0n) is 16.2.